The summed E-state index contributed by atoms with van der Waals surface area (Å²) in [7, 11) is 0. The monoisotopic (exact) mass is 328 g/mol. The normalized spacial score (nSPS) is 12.4. The second-order valence-corrected chi connectivity index (χ2v) is 5.02. The minimum atomic E-state index is -0.505. The summed E-state index contributed by atoms with van der Waals surface area (Å²) < 4.78 is 14.6. The summed E-state index contributed by atoms with van der Waals surface area (Å²) in [4.78, 5) is 0. The maximum absolute atomic E-state index is 13.9. The smallest absolute Gasteiger partial charge is 0.129 e. The zero-order valence-electron chi connectivity index (χ0n) is 9.33. The molecule has 1 atom stereocenters. The Balaban J connectivity index is 2.56. The van der Waals surface area contributed by atoms with E-state index in [-0.39, 0.29) is 5.82 Å². The van der Waals surface area contributed by atoms with Gasteiger partial charge in [0, 0.05) is 15.1 Å². The van der Waals surface area contributed by atoms with E-state index in [0.717, 1.165) is 5.56 Å². The van der Waals surface area contributed by atoms with Crippen LogP contribution in [-0.2, 0) is 0 Å². The van der Waals surface area contributed by atoms with E-state index < -0.39 is 6.04 Å². The van der Waals surface area contributed by atoms with E-state index in [9.17, 15) is 4.39 Å². The van der Waals surface area contributed by atoms with Gasteiger partial charge in [-0.15, -0.1) is 0 Å². The Bertz CT molecular complexity index is 542. The Morgan fingerprint density at radius 3 is 2.50 bits per heavy atom. The summed E-state index contributed by atoms with van der Waals surface area (Å²) in [6, 6.07) is 11.5. The SMILES string of the molecule is NNC(c1ccccc1Cl)c1c(F)cccc1Br. The molecule has 0 bridgehead atoms. The highest BCUT2D eigenvalue weighted by Gasteiger charge is 2.21. The summed E-state index contributed by atoms with van der Waals surface area (Å²) in [6.07, 6.45) is 0. The molecule has 0 radical (unpaired) electrons. The second kappa shape index (κ2) is 5.80. The maximum atomic E-state index is 13.9. The van der Waals surface area contributed by atoms with Gasteiger partial charge in [-0.1, -0.05) is 51.8 Å². The Hall–Kier alpha value is -0.940. The molecule has 0 heterocycles. The summed E-state index contributed by atoms with van der Waals surface area (Å²) in [5, 5.41) is 0.538. The predicted octanol–water partition coefficient (Wildman–Crippen LogP) is 3.79. The molecule has 2 nitrogen and oxygen atoms in total. The molecule has 0 aromatic heterocycles. The molecule has 18 heavy (non-hydrogen) atoms. The molecule has 1 unspecified atom stereocenters. The Morgan fingerprint density at radius 2 is 1.89 bits per heavy atom. The number of hydrazine groups is 1. The van der Waals surface area contributed by atoms with Crippen molar-refractivity contribution in [1.29, 1.82) is 0 Å². The van der Waals surface area contributed by atoms with Gasteiger partial charge in [0.1, 0.15) is 5.82 Å². The Kier molecular flexibility index (Phi) is 4.35. The molecular weight excluding hydrogens is 319 g/mol. The molecule has 0 aliphatic heterocycles. The Morgan fingerprint density at radius 1 is 1.17 bits per heavy atom. The molecule has 0 amide bonds. The first-order valence-corrected chi connectivity index (χ1v) is 6.46. The summed E-state index contributed by atoms with van der Waals surface area (Å²) in [6.45, 7) is 0. The number of benzene rings is 2. The second-order valence-electron chi connectivity index (χ2n) is 3.76. The van der Waals surface area contributed by atoms with Gasteiger partial charge in [-0.25, -0.2) is 9.82 Å². The Labute approximate surface area is 118 Å². The van der Waals surface area contributed by atoms with Crippen LogP contribution in [0.5, 0.6) is 0 Å². The third-order valence-corrected chi connectivity index (χ3v) is 3.71. The molecular formula is C13H11BrClFN2. The van der Waals surface area contributed by atoms with Gasteiger partial charge >= 0.3 is 0 Å². The van der Waals surface area contributed by atoms with E-state index in [1.807, 2.05) is 18.2 Å². The third kappa shape index (κ3) is 2.57. The van der Waals surface area contributed by atoms with E-state index in [1.165, 1.54) is 6.07 Å². The van der Waals surface area contributed by atoms with Crippen LogP contribution in [0.3, 0.4) is 0 Å². The molecule has 2 aromatic carbocycles. The lowest BCUT2D eigenvalue weighted by Crippen LogP contribution is -2.30. The van der Waals surface area contributed by atoms with Gasteiger partial charge in [0.25, 0.3) is 0 Å². The lowest BCUT2D eigenvalue weighted by atomic mass is 9.99. The van der Waals surface area contributed by atoms with Crippen molar-refractivity contribution >= 4 is 27.5 Å². The molecule has 2 rings (SSSR count). The van der Waals surface area contributed by atoms with Crippen molar-refractivity contribution in [2.75, 3.05) is 0 Å². The van der Waals surface area contributed by atoms with Crippen molar-refractivity contribution in [2.24, 2.45) is 5.84 Å². The molecule has 0 fully saturated rings. The number of rotatable bonds is 3. The van der Waals surface area contributed by atoms with Gasteiger partial charge in [-0.3, -0.25) is 5.84 Å². The van der Waals surface area contributed by atoms with E-state index in [2.05, 4.69) is 21.4 Å². The quantitative estimate of drug-likeness (QED) is 0.664. The molecule has 5 heteroatoms. The minimum absolute atomic E-state index is 0.341. The van der Waals surface area contributed by atoms with Crippen LogP contribution in [0.15, 0.2) is 46.9 Å². The zero-order chi connectivity index (χ0) is 13.1. The molecule has 3 N–H and O–H groups in total. The summed E-state index contributed by atoms with van der Waals surface area (Å²) in [5.74, 6) is 5.21. The molecule has 0 saturated carbocycles. The van der Waals surface area contributed by atoms with E-state index >= 15 is 0 Å². The van der Waals surface area contributed by atoms with Crippen LogP contribution in [0.1, 0.15) is 17.2 Å². The van der Waals surface area contributed by atoms with Crippen LogP contribution in [0.25, 0.3) is 0 Å². The topological polar surface area (TPSA) is 38.0 Å². The van der Waals surface area contributed by atoms with Crippen molar-refractivity contribution in [3.63, 3.8) is 0 Å². The summed E-state index contributed by atoms with van der Waals surface area (Å²) in [5.41, 5.74) is 3.77. The highest BCUT2D eigenvalue weighted by molar-refractivity contribution is 9.10. The largest absolute Gasteiger partial charge is 0.271 e. The van der Waals surface area contributed by atoms with Crippen LogP contribution in [-0.4, -0.2) is 0 Å². The van der Waals surface area contributed by atoms with Crippen LogP contribution in [0.2, 0.25) is 5.02 Å². The highest BCUT2D eigenvalue weighted by atomic mass is 79.9. The van der Waals surface area contributed by atoms with Crippen LogP contribution < -0.4 is 11.3 Å². The maximum Gasteiger partial charge on any atom is 0.129 e. The fourth-order valence-electron chi connectivity index (χ4n) is 1.82. The third-order valence-electron chi connectivity index (χ3n) is 2.67. The number of hydrogen-bond acceptors (Lipinski definition) is 2. The molecule has 0 saturated heterocycles. The highest BCUT2D eigenvalue weighted by Crippen LogP contribution is 2.33. The number of halogens is 3. The molecule has 94 valence electrons. The minimum Gasteiger partial charge on any atom is -0.271 e. The molecule has 0 aliphatic rings. The van der Waals surface area contributed by atoms with Gasteiger partial charge < -0.3 is 0 Å². The molecule has 0 aliphatic carbocycles. The number of nitrogens with one attached hydrogen (secondary N) is 1. The van der Waals surface area contributed by atoms with Gasteiger partial charge in [0.05, 0.1) is 6.04 Å². The predicted molar refractivity (Wildman–Crippen MR) is 74.7 cm³/mol. The average molecular weight is 330 g/mol. The van der Waals surface area contributed by atoms with E-state index in [1.54, 1.807) is 18.2 Å². The van der Waals surface area contributed by atoms with E-state index in [4.69, 9.17) is 17.4 Å². The zero-order valence-corrected chi connectivity index (χ0v) is 11.7. The number of nitrogens with two attached hydrogens (primary N) is 1. The van der Waals surface area contributed by atoms with Gasteiger partial charge in [-0.2, -0.15) is 0 Å². The van der Waals surface area contributed by atoms with Crippen molar-refractivity contribution < 1.29 is 4.39 Å². The van der Waals surface area contributed by atoms with Crippen LogP contribution in [0.4, 0.5) is 4.39 Å². The fraction of sp³-hybridized carbons (Fsp3) is 0.0769. The average Bonchev–Trinajstić information content (AvgIpc) is 2.35. The van der Waals surface area contributed by atoms with Gasteiger partial charge in [0.15, 0.2) is 0 Å². The standard InChI is InChI=1S/C13H11BrClFN2/c14-9-5-3-7-11(16)12(9)13(18-17)8-4-1-2-6-10(8)15/h1-7,13,18H,17H2. The van der Waals surface area contributed by atoms with Crippen molar-refractivity contribution in [3.8, 4) is 0 Å². The van der Waals surface area contributed by atoms with Crippen molar-refractivity contribution in [1.82, 2.24) is 5.43 Å². The summed E-state index contributed by atoms with van der Waals surface area (Å²) >= 11 is 9.45. The fourth-order valence-corrected chi connectivity index (χ4v) is 2.64. The van der Waals surface area contributed by atoms with Gasteiger partial charge in [-0.05, 0) is 23.8 Å². The van der Waals surface area contributed by atoms with Crippen molar-refractivity contribution in [2.45, 2.75) is 6.04 Å². The first-order valence-electron chi connectivity index (χ1n) is 5.29. The first kappa shape index (κ1) is 13.5. The lowest BCUT2D eigenvalue weighted by molar-refractivity contribution is 0.558. The van der Waals surface area contributed by atoms with Crippen LogP contribution >= 0.6 is 27.5 Å². The number of hydrogen-bond donors (Lipinski definition) is 2. The first-order chi connectivity index (χ1) is 8.65. The molecule has 0 spiro atoms. The van der Waals surface area contributed by atoms with E-state index in [0.29, 0.717) is 15.1 Å². The molecule has 2 aromatic rings. The van der Waals surface area contributed by atoms with Crippen molar-refractivity contribution in [3.05, 3.63) is 68.9 Å². The lowest BCUT2D eigenvalue weighted by Gasteiger charge is -2.20. The van der Waals surface area contributed by atoms with Crippen LogP contribution in [0, 0.1) is 5.82 Å². The van der Waals surface area contributed by atoms with Gasteiger partial charge in [0.2, 0.25) is 0 Å².